The van der Waals surface area contributed by atoms with Gasteiger partial charge in [0.15, 0.2) is 11.5 Å². The van der Waals surface area contributed by atoms with Crippen LogP contribution in [0.15, 0.2) is 18.2 Å². The van der Waals surface area contributed by atoms with Gasteiger partial charge in [0.05, 0.1) is 11.8 Å². The highest BCUT2D eigenvalue weighted by atomic mass is 16.7. The van der Waals surface area contributed by atoms with Gasteiger partial charge in [0, 0.05) is 0 Å². The highest BCUT2D eigenvalue weighted by Gasteiger charge is 2.25. The summed E-state index contributed by atoms with van der Waals surface area (Å²) in [6.45, 7) is 16.1. The molecule has 3 unspecified atom stereocenters. The van der Waals surface area contributed by atoms with Crippen LogP contribution in [0.2, 0.25) is 0 Å². The normalized spacial score (nSPS) is 15.1. The van der Waals surface area contributed by atoms with Gasteiger partial charge in [0.2, 0.25) is 0 Å². The minimum atomic E-state index is -1.04. The molecular weight excluding hydrogens is 506 g/mol. The third-order valence-corrected chi connectivity index (χ3v) is 6.56. The monoisotopic (exact) mass is 551 g/mol. The zero-order chi connectivity index (χ0) is 29.9. The number of nitrogens with two attached hydrogens (primary N) is 1. The standard InChI is InChI=1S/C29H45NO9/c1-10-18(6)36-29(34)37-19(7)15-35-28(33)23(30)13-22-11-12-24(38-26(31)20(8)16(2)3)25(14-22)39-27(32)21(9)17(4)5/h11-12,14,16-21,23H,10,13,15,30H2,1-9H3/t18?,19-,20?,21?,23-/m0/s1. The Kier molecular flexibility index (Phi) is 14.0. The summed E-state index contributed by atoms with van der Waals surface area (Å²) in [6.07, 6.45) is -1.15. The fourth-order valence-electron chi connectivity index (χ4n) is 2.91. The van der Waals surface area contributed by atoms with Crippen LogP contribution in [0.3, 0.4) is 0 Å². The Bertz CT molecular complexity index is 976. The van der Waals surface area contributed by atoms with Crippen LogP contribution in [0.1, 0.15) is 74.3 Å². The maximum absolute atomic E-state index is 12.7. The lowest BCUT2D eigenvalue weighted by Gasteiger charge is -2.19. The van der Waals surface area contributed by atoms with Gasteiger partial charge in [-0.15, -0.1) is 0 Å². The zero-order valence-electron chi connectivity index (χ0n) is 24.6. The van der Waals surface area contributed by atoms with Gasteiger partial charge in [-0.2, -0.15) is 0 Å². The van der Waals surface area contributed by atoms with Gasteiger partial charge in [-0.1, -0.05) is 54.5 Å². The van der Waals surface area contributed by atoms with Gasteiger partial charge in [0.1, 0.15) is 24.9 Å². The molecular formula is C29H45NO9. The third-order valence-electron chi connectivity index (χ3n) is 6.56. The molecule has 0 spiro atoms. The van der Waals surface area contributed by atoms with Crippen molar-refractivity contribution in [1.29, 1.82) is 0 Å². The Morgan fingerprint density at radius 2 is 1.26 bits per heavy atom. The van der Waals surface area contributed by atoms with Gasteiger partial charge in [-0.3, -0.25) is 14.4 Å². The van der Waals surface area contributed by atoms with E-state index in [1.54, 1.807) is 33.8 Å². The Labute approximate surface area is 231 Å². The second-order valence-electron chi connectivity index (χ2n) is 10.6. The minimum Gasteiger partial charge on any atom is -0.461 e. The molecule has 0 bridgehead atoms. The van der Waals surface area contributed by atoms with Gasteiger partial charge in [-0.05, 0) is 56.2 Å². The molecule has 10 nitrogen and oxygen atoms in total. The largest absolute Gasteiger partial charge is 0.508 e. The number of rotatable bonds is 14. The maximum Gasteiger partial charge on any atom is 0.508 e. The van der Waals surface area contributed by atoms with Gasteiger partial charge < -0.3 is 29.4 Å². The lowest BCUT2D eigenvalue weighted by molar-refractivity contribution is -0.148. The molecule has 0 aliphatic heterocycles. The van der Waals surface area contributed by atoms with Crippen LogP contribution in [0.5, 0.6) is 11.5 Å². The van der Waals surface area contributed by atoms with E-state index in [4.69, 9.17) is 29.4 Å². The smallest absolute Gasteiger partial charge is 0.461 e. The van der Waals surface area contributed by atoms with Crippen molar-refractivity contribution in [2.45, 2.75) is 93.4 Å². The average Bonchev–Trinajstić information content (AvgIpc) is 2.86. The molecule has 0 radical (unpaired) electrons. The third kappa shape index (κ3) is 11.6. The number of carbonyl (C=O) groups is 4. The molecule has 1 aromatic rings. The van der Waals surface area contributed by atoms with E-state index in [0.717, 1.165) is 0 Å². The van der Waals surface area contributed by atoms with E-state index in [2.05, 4.69) is 0 Å². The molecule has 5 atom stereocenters. The van der Waals surface area contributed by atoms with Crippen LogP contribution >= 0.6 is 0 Å². The highest BCUT2D eigenvalue weighted by Crippen LogP contribution is 2.31. The summed E-state index contributed by atoms with van der Waals surface area (Å²) in [5, 5.41) is 0. The van der Waals surface area contributed by atoms with E-state index < -0.39 is 42.1 Å². The topological polar surface area (TPSA) is 140 Å². The van der Waals surface area contributed by atoms with E-state index in [1.807, 2.05) is 34.6 Å². The summed E-state index contributed by atoms with van der Waals surface area (Å²) in [5.41, 5.74) is 6.62. The Balaban J connectivity index is 2.93. The van der Waals surface area contributed by atoms with Crippen LogP contribution in [0.4, 0.5) is 4.79 Å². The molecule has 1 rings (SSSR count). The van der Waals surface area contributed by atoms with E-state index >= 15 is 0 Å². The highest BCUT2D eigenvalue weighted by molar-refractivity contribution is 5.79. The van der Waals surface area contributed by atoms with Crippen LogP contribution in [-0.2, 0) is 35.0 Å². The molecule has 1 aromatic carbocycles. The summed E-state index contributed by atoms with van der Waals surface area (Å²) in [7, 11) is 0. The second kappa shape index (κ2) is 16.1. The first-order valence-electron chi connectivity index (χ1n) is 13.5. The van der Waals surface area contributed by atoms with Crippen LogP contribution in [-0.4, -0.2) is 48.9 Å². The van der Waals surface area contributed by atoms with Crippen molar-refractivity contribution in [2.24, 2.45) is 29.4 Å². The van der Waals surface area contributed by atoms with Crippen LogP contribution in [0.25, 0.3) is 0 Å². The molecule has 220 valence electrons. The summed E-state index contributed by atoms with van der Waals surface area (Å²) in [5.74, 6) is -2.11. The first-order chi connectivity index (χ1) is 18.2. The molecule has 0 heterocycles. The van der Waals surface area contributed by atoms with Crippen molar-refractivity contribution in [3.8, 4) is 11.5 Å². The number of benzene rings is 1. The van der Waals surface area contributed by atoms with Crippen molar-refractivity contribution in [3.05, 3.63) is 23.8 Å². The van der Waals surface area contributed by atoms with Crippen molar-refractivity contribution in [2.75, 3.05) is 6.61 Å². The molecule has 0 aromatic heterocycles. The van der Waals surface area contributed by atoms with Gasteiger partial charge in [0.25, 0.3) is 0 Å². The summed E-state index contributed by atoms with van der Waals surface area (Å²) in [4.78, 5) is 49.4. The molecule has 0 aliphatic carbocycles. The van der Waals surface area contributed by atoms with E-state index in [-0.39, 0.29) is 48.4 Å². The van der Waals surface area contributed by atoms with E-state index in [9.17, 15) is 19.2 Å². The number of hydrogen-bond donors (Lipinski definition) is 1. The van der Waals surface area contributed by atoms with Crippen molar-refractivity contribution < 1.29 is 42.9 Å². The summed E-state index contributed by atoms with van der Waals surface area (Å²) >= 11 is 0. The predicted octanol–water partition coefficient (Wildman–Crippen LogP) is 4.83. The van der Waals surface area contributed by atoms with E-state index in [1.165, 1.54) is 12.1 Å². The van der Waals surface area contributed by atoms with Crippen molar-refractivity contribution in [3.63, 3.8) is 0 Å². The van der Waals surface area contributed by atoms with Crippen LogP contribution in [0, 0.1) is 23.7 Å². The Hall–Kier alpha value is -3.14. The summed E-state index contributed by atoms with van der Waals surface area (Å²) in [6, 6.07) is 3.63. The van der Waals surface area contributed by atoms with Crippen molar-refractivity contribution in [1.82, 2.24) is 0 Å². The molecule has 10 heteroatoms. The van der Waals surface area contributed by atoms with Gasteiger partial charge in [-0.25, -0.2) is 4.79 Å². The number of carbonyl (C=O) groups excluding carboxylic acids is 4. The molecule has 0 aliphatic rings. The molecule has 0 saturated heterocycles. The quantitative estimate of drug-likeness (QED) is 0.252. The summed E-state index contributed by atoms with van der Waals surface area (Å²) < 4.78 is 26.5. The molecule has 0 saturated carbocycles. The van der Waals surface area contributed by atoms with E-state index in [0.29, 0.717) is 12.0 Å². The fourth-order valence-corrected chi connectivity index (χ4v) is 2.91. The van der Waals surface area contributed by atoms with Crippen LogP contribution < -0.4 is 15.2 Å². The Morgan fingerprint density at radius 1 is 0.744 bits per heavy atom. The first kappa shape index (κ1) is 33.9. The number of hydrogen-bond acceptors (Lipinski definition) is 10. The molecule has 2 N–H and O–H groups in total. The van der Waals surface area contributed by atoms with Crippen molar-refractivity contribution >= 4 is 24.1 Å². The lowest BCUT2D eigenvalue weighted by Crippen LogP contribution is -2.36. The maximum atomic E-state index is 12.7. The minimum absolute atomic E-state index is 0.0408. The molecule has 0 amide bonds. The molecule has 0 fully saturated rings. The molecule has 39 heavy (non-hydrogen) atoms. The number of esters is 3. The zero-order valence-corrected chi connectivity index (χ0v) is 24.6. The first-order valence-corrected chi connectivity index (χ1v) is 13.5. The SMILES string of the molecule is CCC(C)OC(=O)O[C@@H](C)COC(=O)[C@@H](N)Cc1ccc(OC(=O)C(C)C(C)C)c(OC(=O)C(C)C(C)C)c1. The predicted molar refractivity (Wildman–Crippen MR) is 145 cm³/mol. The fraction of sp³-hybridized carbons (Fsp3) is 0.655. The Morgan fingerprint density at radius 3 is 1.77 bits per heavy atom. The number of ether oxygens (including phenoxy) is 5. The van der Waals surface area contributed by atoms with Gasteiger partial charge >= 0.3 is 24.1 Å². The second-order valence-corrected chi connectivity index (χ2v) is 10.6. The average molecular weight is 552 g/mol. The lowest BCUT2D eigenvalue weighted by atomic mass is 9.98.